The monoisotopic (exact) mass is 537 g/mol. The van der Waals surface area contributed by atoms with Crippen LogP contribution < -0.4 is 11.1 Å². The van der Waals surface area contributed by atoms with Crippen molar-refractivity contribution in [2.45, 2.75) is 32.0 Å². The largest absolute Gasteiger partial charge is 0.416 e. The van der Waals surface area contributed by atoms with Crippen molar-refractivity contribution in [2.24, 2.45) is 5.73 Å². The van der Waals surface area contributed by atoms with E-state index in [-0.39, 0.29) is 12.5 Å². The molecular formula is C27H26F3N7O2. The van der Waals surface area contributed by atoms with E-state index in [0.29, 0.717) is 65.4 Å². The average molecular weight is 538 g/mol. The number of halogens is 3. The van der Waals surface area contributed by atoms with E-state index in [1.165, 1.54) is 12.1 Å². The predicted octanol–water partition coefficient (Wildman–Crippen LogP) is 4.08. The molecule has 5 rings (SSSR count). The van der Waals surface area contributed by atoms with Gasteiger partial charge in [-0.05, 0) is 42.7 Å². The first-order valence-corrected chi connectivity index (χ1v) is 12.5. The van der Waals surface area contributed by atoms with Gasteiger partial charge in [-0.15, -0.1) is 0 Å². The van der Waals surface area contributed by atoms with Gasteiger partial charge in [0.25, 0.3) is 0 Å². The van der Waals surface area contributed by atoms with Crippen molar-refractivity contribution in [1.29, 1.82) is 0 Å². The van der Waals surface area contributed by atoms with E-state index in [0.717, 1.165) is 25.1 Å². The van der Waals surface area contributed by atoms with Crippen molar-refractivity contribution in [3.63, 3.8) is 0 Å². The van der Waals surface area contributed by atoms with Crippen LogP contribution in [-0.4, -0.2) is 55.9 Å². The molecule has 202 valence electrons. The molecule has 1 fully saturated rings. The third kappa shape index (κ3) is 5.84. The Morgan fingerprint density at radius 2 is 1.79 bits per heavy atom. The van der Waals surface area contributed by atoms with E-state index >= 15 is 0 Å². The van der Waals surface area contributed by atoms with Crippen LogP contribution in [0.5, 0.6) is 0 Å². The number of carbonyl (C=O) groups excluding carboxylic acids is 2. The summed E-state index contributed by atoms with van der Waals surface area (Å²) in [6.07, 6.45) is -0.645. The van der Waals surface area contributed by atoms with Crippen molar-refractivity contribution in [3.05, 3.63) is 71.5 Å². The second-order valence-corrected chi connectivity index (χ2v) is 9.34. The summed E-state index contributed by atoms with van der Waals surface area (Å²) < 4.78 is 40.7. The van der Waals surface area contributed by atoms with Crippen LogP contribution in [0, 0.1) is 0 Å². The number of primary amides is 1. The lowest BCUT2D eigenvalue weighted by molar-refractivity contribution is -0.137. The zero-order valence-corrected chi connectivity index (χ0v) is 20.9. The van der Waals surface area contributed by atoms with Crippen molar-refractivity contribution >= 4 is 28.8 Å². The van der Waals surface area contributed by atoms with Gasteiger partial charge in [0.15, 0.2) is 17.3 Å². The molecule has 0 unspecified atom stereocenters. The van der Waals surface area contributed by atoms with Crippen LogP contribution in [0.15, 0.2) is 54.9 Å². The first kappa shape index (κ1) is 26.1. The normalized spacial score (nSPS) is 13.8. The van der Waals surface area contributed by atoms with Crippen LogP contribution in [0.1, 0.15) is 40.7 Å². The van der Waals surface area contributed by atoms with Gasteiger partial charge in [-0.1, -0.05) is 24.3 Å². The summed E-state index contributed by atoms with van der Waals surface area (Å²) in [5.74, 6) is 0.493. The van der Waals surface area contributed by atoms with Crippen LogP contribution in [0.25, 0.3) is 22.6 Å². The maximum atomic E-state index is 13.0. The molecule has 2 aromatic carbocycles. The van der Waals surface area contributed by atoms with Gasteiger partial charge >= 0.3 is 6.18 Å². The van der Waals surface area contributed by atoms with Crippen molar-refractivity contribution < 1.29 is 22.8 Å². The Morgan fingerprint density at radius 1 is 1.05 bits per heavy atom. The molecule has 0 saturated carbocycles. The number of fused-ring (bicyclic) bond motifs is 1. The number of hydrogen-bond acceptors (Lipinski definition) is 6. The number of carbonyl (C=O) groups is 2. The minimum Gasteiger partial charge on any atom is -0.368 e. The lowest BCUT2D eigenvalue weighted by Crippen LogP contribution is -2.27. The van der Waals surface area contributed by atoms with E-state index in [1.54, 1.807) is 35.2 Å². The van der Waals surface area contributed by atoms with Crippen LogP contribution in [0.3, 0.4) is 0 Å². The highest BCUT2D eigenvalue weighted by Crippen LogP contribution is 2.30. The molecular weight excluding hydrogens is 511 g/mol. The highest BCUT2D eigenvalue weighted by molar-refractivity contribution is 5.93. The molecule has 4 aromatic rings. The Hall–Kier alpha value is -4.48. The molecule has 0 aliphatic carbocycles. The summed E-state index contributed by atoms with van der Waals surface area (Å²) in [5.41, 5.74) is 7.30. The Labute approximate surface area is 221 Å². The Bertz CT molecular complexity index is 1500. The Balaban J connectivity index is 1.43. The Morgan fingerprint density at radius 3 is 2.44 bits per heavy atom. The molecule has 3 N–H and O–H groups in total. The number of nitrogens with one attached hydrogen (secondary N) is 1. The molecule has 39 heavy (non-hydrogen) atoms. The summed E-state index contributed by atoms with van der Waals surface area (Å²) in [4.78, 5) is 39.1. The van der Waals surface area contributed by atoms with E-state index in [1.807, 2.05) is 4.90 Å². The van der Waals surface area contributed by atoms with Gasteiger partial charge in [-0.25, -0.2) is 15.0 Å². The first-order chi connectivity index (χ1) is 18.7. The fraction of sp³-hybridized carbons (Fsp3) is 0.296. The molecule has 9 nitrogen and oxygen atoms in total. The molecule has 2 aromatic heterocycles. The summed E-state index contributed by atoms with van der Waals surface area (Å²) in [6, 6.07) is 11.5. The molecule has 0 radical (unpaired) electrons. The van der Waals surface area contributed by atoms with Crippen LogP contribution in [0.2, 0.25) is 0 Å². The topological polar surface area (TPSA) is 119 Å². The number of hydrogen-bond donors (Lipinski definition) is 2. The van der Waals surface area contributed by atoms with E-state index in [2.05, 4.69) is 15.3 Å². The highest BCUT2D eigenvalue weighted by Gasteiger charge is 2.30. The molecule has 12 heteroatoms. The third-order valence-corrected chi connectivity index (χ3v) is 6.59. The van der Waals surface area contributed by atoms with E-state index < -0.39 is 17.6 Å². The number of likely N-dealkylation sites (tertiary alicyclic amines) is 1. The smallest absolute Gasteiger partial charge is 0.368 e. The van der Waals surface area contributed by atoms with Gasteiger partial charge in [0, 0.05) is 37.2 Å². The van der Waals surface area contributed by atoms with Crippen LogP contribution in [0.4, 0.5) is 19.0 Å². The van der Waals surface area contributed by atoms with Gasteiger partial charge in [-0.2, -0.15) is 13.2 Å². The number of alkyl halides is 3. The third-order valence-electron chi connectivity index (χ3n) is 6.59. The van der Waals surface area contributed by atoms with Gasteiger partial charge < -0.3 is 20.5 Å². The van der Waals surface area contributed by atoms with Crippen molar-refractivity contribution in [3.8, 4) is 11.4 Å². The molecule has 0 atom stereocenters. The number of amides is 2. The van der Waals surface area contributed by atoms with Crippen molar-refractivity contribution in [1.82, 2.24) is 24.4 Å². The summed E-state index contributed by atoms with van der Waals surface area (Å²) in [7, 11) is 0. The molecule has 1 saturated heterocycles. The highest BCUT2D eigenvalue weighted by atomic mass is 19.4. The molecule has 0 spiro atoms. The average Bonchev–Trinajstić information content (AvgIpc) is 3.52. The Kier molecular flexibility index (Phi) is 7.18. The van der Waals surface area contributed by atoms with Crippen LogP contribution >= 0.6 is 0 Å². The number of benzene rings is 2. The number of nitrogens with two attached hydrogens (primary N) is 1. The number of anilines is 1. The van der Waals surface area contributed by atoms with Crippen LogP contribution in [-0.2, 0) is 17.5 Å². The molecule has 3 heterocycles. The summed E-state index contributed by atoms with van der Waals surface area (Å²) in [6.45, 7) is 2.21. The quantitative estimate of drug-likeness (QED) is 0.311. The van der Waals surface area contributed by atoms with Gasteiger partial charge in [0.2, 0.25) is 11.8 Å². The number of nitrogens with zero attached hydrogens (tertiary/aromatic N) is 5. The van der Waals surface area contributed by atoms with Gasteiger partial charge in [0.05, 0.1) is 18.4 Å². The fourth-order valence-electron chi connectivity index (χ4n) is 4.51. The van der Waals surface area contributed by atoms with Gasteiger partial charge in [0.1, 0.15) is 5.52 Å². The summed E-state index contributed by atoms with van der Waals surface area (Å²) >= 11 is 0. The molecule has 0 bridgehead atoms. The zero-order chi connectivity index (χ0) is 27.6. The number of aromatic nitrogens is 4. The second kappa shape index (κ2) is 10.7. The second-order valence-electron chi connectivity index (χ2n) is 9.34. The zero-order valence-electron chi connectivity index (χ0n) is 20.9. The number of rotatable bonds is 9. The maximum Gasteiger partial charge on any atom is 0.416 e. The minimum absolute atomic E-state index is 0.170. The minimum atomic E-state index is -4.41. The van der Waals surface area contributed by atoms with Gasteiger partial charge in [-0.3, -0.25) is 9.59 Å². The lowest BCUT2D eigenvalue weighted by Gasteiger charge is -2.15. The fourth-order valence-corrected chi connectivity index (χ4v) is 4.51. The SMILES string of the molecule is NC(=O)c1ccc(-c2nc(NCCCN3CCCC3=O)c3ncn(Cc4ccc(C(F)(F)F)cc4)c3n2)cc1. The standard InChI is InChI=1S/C27H26F3N7O2/c28-27(29,30)20-10-4-17(5-11-20)15-37-16-33-22-25(32-12-2-14-36-13-1-3-21(36)38)34-24(35-26(22)37)19-8-6-18(7-9-19)23(31)39/h4-11,16H,1-3,12-15H2,(H2,31,39)(H,32,34,35). The van der Waals surface area contributed by atoms with Crippen molar-refractivity contribution in [2.75, 3.05) is 25.0 Å². The maximum absolute atomic E-state index is 13.0. The summed E-state index contributed by atoms with van der Waals surface area (Å²) in [5, 5.41) is 3.30. The predicted molar refractivity (Wildman–Crippen MR) is 139 cm³/mol. The van der Waals surface area contributed by atoms with E-state index in [9.17, 15) is 22.8 Å². The molecule has 2 amide bonds. The lowest BCUT2D eigenvalue weighted by atomic mass is 10.1. The number of imidazole rings is 1. The molecule has 1 aliphatic heterocycles. The van der Waals surface area contributed by atoms with E-state index in [4.69, 9.17) is 10.7 Å². The molecule has 1 aliphatic rings. The first-order valence-electron chi connectivity index (χ1n) is 12.5.